The van der Waals surface area contributed by atoms with Gasteiger partial charge in [0.2, 0.25) is 17.5 Å². The molecule has 1 aliphatic rings. The molecule has 1 saturated heterocycles. The molecule has 1 aromatic heterocycles. The van der Waals surface area contributed by atoms with Crippen molar-refractivity contribution in [3.05, 3.63) is 42.3 Å². The highest BCUT2D eigenvalue weighted by Crippen LogP contribution is 2.40. The number of anilines is 1. The maximum Gasteiger partial charge on any atom is 0.321 e. The number of likely N-dealkylation sites (tertiary alicyclic amines) is 1. The molecule has 3 aromatic rings. The Morgan fingerprint density at radius 3 is 2.28 bits per heavy atom. The number of amides is 2. The molecular weight excluding hydrogens is 416 g/mol. The fourth-order valence-electron chi connectivity index (χ4n) is 3.50. The van der Waals surface area contributed by atoms with Gasteiger partial charge in [-0.2, -0.15) is 4.98 Å². The maximum atomic E-state index is 12.7. The number of rotatable bonds is 7. The Bertz CT molecular complexity index is 1080. The summed E-state index contributed by atoms with van der Waals surface area (Å²) in [5.74, 6) is 2.95. The zero-order valence-corrected chi connectivity index (χ0v) is 18.2. The molecule has 0 spiro atoms. The average Bonchev–Trinajstić information content (AvgIpc) is 3.26. The van der Waals surface area contributed by atoms with Gasteiger partial charge in [-0.3, -0.25) is 0 Å². The minimum atomic E-state index is -0.250. The van der Waals surface area contributed by atoms with Crippen LogP contribution in [-0.2, 0) is 0 Å². The van der Waals surface area contributed by atoms with E-state index >= 15 is 0 Å². The quantitative estimate of drug-likeness (QED) is 0.596. The van der Waals surface area contributed by atoms with Gasteiger partial charge >= 0.3 is 6.03 Å². The van der Waals surface area contributed by atoms with Crippen LogP contribution >= 0.6 is 0 Å². The van der Waals surface area contributed by atoms with Gasteiger partial charge in [0.25, 0.3) is 0 Å². The summed E-state index contributed by atoms with van der Waals surface area (Å²) in [6.45, 7) is 0.924. The van der Waals surface area contributed by atoms with Crippen molar-refractivity contribution < 1.29 is 28.3 Å². The second kappa shape index (κ2) is 9.04. The largest absolute Gasteiger partial charge is 0.496 e. The minimum absolute atomic E-state index is 0.0309. The van der Waals surface area contributed by atoms with E-state index < -0.39 is 0 Å². The van der Waals surface area contributed by atoms with E-state index in [0.29, 0.717) is 53.5 Å². The summed E-state index contributed by atoms with van der Waals surface area (Å²) in [5.41, 5.74) is 1.28. The first-order chi connectivity index (χ1) is 15.6. The third-order valence-electron chi connectivity index (χ3n) is 5.22. The zero-order valence-electron chi connectivity index (χ0n) is 18.2. The second-order valence-electron chi connectivity index (χ2n) is 7.10. The van der Waals surface area contributed by atoms with Crippen molar-refractivity contribution in [3.8, 4) is 34.4 Å². The minimum Gasteiger partial charge on any atom is -0.496 e. The number of aromatic nitrogens is 2. The SMILES string of the molecule is COc1ccccc1-c1noc(C2CN(C(=O)Nc3cc(OC)c(OC)c(OC)c3)C2)n1. The van der Waals surface area contributed by atoms with Crippen molar-refractivity contribution in [1.82, 2.24) is 15.0 Å². The number of hydrogen-bond donors (Lipinski definition) is 1. The number of urea groups is 1. The second-order valence-corrected chi connectivity index (χ2v) is 7.10. The number of nitrogens with one attached hydrogen (secondary N) is 1. The highest BCUT2D eigenvalue weighted by atomic mass is 16.5. The molecule has 0 radical (unpaired) electrons. The number of para-hydroxylation sites is 1. The van der Waals surface area contributed by atoms with Crippen LogP contribution in [0.25, 0.3) is 11.4 Å². The van der Waals surface area contributed by atoms with E-state index in [0.717, 1.165) is 5.56 Å². The standard InChI is InChI=1S/C22H24N4O6/c1-28-16-8-6-5-7-15(16)20-24-21(32-25-20)13-11-26(12-13)22(27)23-14-9-17(29-2)19(31-4)18(10-14)30-3/h5-10,13H,11-12H2,1-4H3,(H,23,27). The molecule has 10 heteroatoms. The fourth-order valence-corrected chi connectivity index (χ4v) is 3.50. The van der Waals surface area contributed by atoms with Crippen molar-refractivity contribution in [2.75, 3.05) is 46.8 Å². The molecule has 10 nitrogen and oxygen atoms in total. The molecule has 4 rings (SSSR count). The molecule has 2 aromatic carbocycles. The molecule has 1 N–H and O–H groups in total. The normalized spacial score (nSPS) is 13.3. The first-order valence-electron chi connectivity index (χ1n) is 9.90. The maximum absolute atomic E-state index is 12.7. The molecule has 2 amide bonds. The van der Waals surface area contributed by atoms with Gasteiger partial charge in [-0.05, 0) is 12.1 Å². The molecule has 168 valence electrons. The molecule has 0 bridgehead atoms. The number of methoxy groups -OCH3 is 4. The van der Waals surface area contributed by atoms with Crippen molar-refractivity contribution in [2.24, 2.45) is 0 Å². The van der Waals surface area contributed by atoms with Crippen LogP contribution in [0.2, 0.25) is 0 Å². The van der Waals surface area contributed by atoms with Crippen molar-refractivity contribution in [3.63, 3.8) is 0 Å². The number of benzene rings is 2. The Morgan fingerprint density at radius 1 is 1.00 bits per heavy atom. The Morgan fingerprint density at radius 2 is 1.66 bits per heavy atom. The average molecular weight is 440 g/mol. The molecule has 0 aliphatic carbocycles. The van der Waals surface area contributed by atoms with Gasteiger partial charge in [0.05, 0.1) is 45.6 Å². The van der Waals surface area contributed by atoms with Gasteiger partial charge in [0.15, 0.2) is 11.5 Å². The van der Waals surface area contributed by atoms with E-state index in [-0.39, 0.29) is 11.9 Å². The first-order valence-corrected chi connectivity index (χ1v) is 9.90. The number of nitrogens with zero attached hydrogens (tertiary/aromatic N) is 3. The monoisotopic (exact) mass is 440 g/mol. The van der Waals surface area contributed by atoms with Crippen LogP contribution in [0.3, 0.4) is 0 Å². The lowest BCUT2D eigenvalue weighted by Crippen LogP contribution is -2.50. The zero-order chi connectivity index (χ0) is 22.7. The highest BCUT2D eigenvalue weighted by molar-refractivity contribution is 5.91. The summed E-state index contributed by atoms with van der Waals surface area (Å²) in [5, 5.41) is 6.92. The molecule has 2 heterocycles. The summed E-state index contributed by atoms with van der Waals surface area (Å²) < 4.78 is 26.7. The van der Waals surface area contributed by atoms with Crippen LogP contribution in [0, 0.1) is 0 Å². The molecule has 1 aliphatic heterocycles. The number of carbonyl (C=O) groups is 1. The summed E-state index contributed by atoms with van der Waals surface area (Å²) in [7, 11) is 6.16. The van der Waals surface area contributed by atoms with Gasteiger partial charge in [0, 0.05) is 25.2 Å². The summed E-state index contributed by atoms with van der Waals surface area (Å²) in [4.78, 5) is 18.8. The number of carbonyl (C=O) groups excluding carboxylic acids is 1. The lowest BCUT2D eigenvalue weighted by Gasteiger charge is -2.36. The van der Waals surface area contributed by atoms with Crippen molar-refractivity contribution in [2.45, 2.75) is 5.92 Å². The van der Waals surface area contributed by atoms with Gasteiger partial charge in [-0.25, -0.2) is 4.79 Å². The summed E-state index contributed by atoms with van der Waals surface area (Å²) >= 11 is 0. The van der Waals surface area contributed by atoms with E-state index in [2.05, 4.69) is 15.5 Å². The Kier molecular flexibility index (Phi) is 6.02. The van der Waals surface area contributed by atoms with Crippen LogP contribution in [-0.4, -0.2) is 62.6 Å². The van der Waals surface area contributed by atoms with Crippen LogP contribution in [0.1, 0.15) is 11.8 Å². The van der Waals surface area contributed by atoms with Crippen LogP contribution in [0.5, 0.6) is 23.0 Å². The third kappa shape index (κ3) is 3.98. The van der Waals surface area contributed by atoms with Gasteiger partial charge in [0.1, 0.15) is 5.75 Å². The van der Waals surface area contributed by atoms with Gasteiger partial charge in [-0.15, -0.1) is 0 Å². The lowest BCUT2D eigenvalue weighted by molar-refractivity contribution is 0.147. The Labute approximate surface area is 185 Å². The van der Waals surface area contributed by atoms with E-state index in [1.54, 1.807) is 24.1 Å². The molecule has 0 unspecified atom stereocenters. The highest BCUT2D eigenvalue weighted by Gasteiger charge is 2.36. The first kappa shape index (κ1) is 21.3. The topological polar surface area (TPSA) is 108 Å². The summed E-state index contributed by atoms with van der Waals surface area (Å²) in [6, 6.07) is 10.6. The Balaban J connectivity index is 1.40. The predicted octanol–water partition coefficient (Wildman–Crippen LogP) is 3.40. The van der Waals surface area contributed by atoms with Crippen LogP contribution in [0.15, 0.2) is 40.9 Å². The number of hydrogen-bond acceptors (Lipinski definition) is 8. The molecule has 32 heavy (non-hydrogen) atoms. The number of ether oxygens (including phenoxy) is 4. The van der Waals surface area contributed by atoms with E-state index in [1.807, 2.05) is 24.3 Å². The lowest BCUT2D eigenvalue weighted by atomic mass is 10.0. The van der Waals surface area contributed by atoms with Gasteiger partial charge < -0.3 is 33.7 Å². The molecule has 1 fully saturated rings. The van der Waals surface area contributed by atoms with E-state index in [1.165, 1.54) is 21.3 Å². The van der Waals surface area contributed by atoms with Crippen LogP contribution < -0.4 is 24.3 Å². The smallest absolute Gasteiger partial charge is 0.321 e. The van der Waals surface area contributed by atoms with E-state index in [4.69, 9.17) is 23.5 Å². The molecular formula is C22H24N4O6. The third-order valence-corrected chi connectivity index (χ3v) is 5.22. The Hall–Kier alpha value is -3.95. The van der Waals surface area contributed by atoms with Crippen molar-refractivity contribution in [1.29, 1.82) is 0 Å². The van der Waals surface area contributed by atoms with E-state index in [9.17, 15) is 4.79 Å². The predicted molar refractivity (Wildman–Crippen MR) is 116 cm³/mol. The van der Waals surface area contributed by atoms with Crippen molar-refractivity contribution >= 4 is 11.7 Å². The molecule has 0 atom stereocenters. The van der Waals surface area contributed by atoms with Gasteiger partial charge in [-0.1, -0.05) is 17.3 Å². The fraction of sp³-hybridized carbons (Fsp3) is 0.318. The molecule has 0 saturated carbocycles. The van der Waals surface area contributed by atoms with Crippen LogP contribution in [0.4, 0.5) is 10.5 Å². The summed E-state index contributed by atoms with van der Waals surface area (Å²) in [6.07, 6.45) is 0.